The van der Waals surface area contributed by atoms with Crippen molar-refractivity contribution in [2.45, 2.75) is 18.9 Å². The number of benzene rings is 3. The summed E-state index contributed by atoms with van der Waals surface area (Å²) in [4.78, 5) is 0. The van der Waals surface area contributed by atoms with Gasteiger partial charge in [-0.3, -0.25) is 0 Å². The quantitative estimate of drug-likeness (QED) is 0.414. The molecule has 0 bridgehead atoms. The van der Waals surface area contributed by atoms with Gasteiger partial charge >= 0.3 is 0 Å². The van der Waals surface area contributed by atoms with Crippen LogP contribution in [-0.4, -0.2) is 24.7 Å². The average Bonchev–Trinajstić information content (AvgIpc) is 3.06. The maximum absolute atomic E-state index is 6.43. The molecule has 0 amide bonds. The minimum atomic E-state index is 0.0703. The molecule has 0 unspecified atom stereocenters. The van der Waals surface area contributed by atoms with Crippen LogP contribution in [0.2, 0.25) is 5.02 Å². The topological polar surface area (TPSA) is 43.0 Å². The molecule has 1 aromatic heterocycles. The van der Waals surface area contributed by atoms with Crippen LogP contribution in [0.3, 0.4) is 0 Å². The lowest BCUT2D eigenvalue weighted by atomic mass is 9.97. The largest absolute Gasteiger partial charge is 0.333 e. The molecule has 0 fully saturated rings. The number of hydrogen-bond donors (Lipinski definition) is 2. The van der Waals surface area contributed by atoms with Crippen LogP contribution in [0.1, 0.15) is 28.4 Å². The van der Waals surface area contributed by atoms with E-state index in [2.05, 4.69) is 82.7 Å². The highest BCUT2D eigenvalue weighted by Crippen LogP contribution is 2.37. The predicted molar refractivity (Wildman–Crippen MR) is 127 cm³/mol. The Kier molecular flexibility index (Phi) is 6.53. The van der Waals surface area contributed by atoms with Crippen LogP contribution < -0.4 is 11.1 Å². The highest BCUT2D eigenvalue weighted by Gasteiger charge is 2.24. The van der Waals surface area contributed by atoms with Gasteiger partial charge in [0, 0.05) is 28.0 Å². The normalized spacial score (nSPS) is 11.5. The van der Waals surface area contributed by atoms with E-state index in [9.17, 15) is 0 Å². The van der Waals surface area contributed by atoms with Crippen molar-refractivity contribution in [3.8, 4) is 0 Å². The first-order valence-corrected chi connectivity index (χ1v) is 10.9. The van der Waals surface area contributed by atoms with E-state index in [4.69, 9.17) is 17.3 Å². The van der Waals surface area contributed by atoms with Crippen LogP contribution in [0, 0.1) is 0 Å². The van der Waals surface area contributed by atoms with Crippen LogP contribution in [0.25, 0.3) is 10.9 Å². The Labute approximate surface area is 183 Å². The van der Waals surface area contributed by atoms with Crippen molar-refractivity contribution in [3.63, 3.8) is 0 Å². The second-order valence-corrected chi connectivity index (χ2v) is 8.01. The molecule has 3 nitrogen and oxygen atoms in total. The van der Waals surface area contributed by atoms with Crippen molar-refractivity contribution in [3.05, 3.63) is 106 Å². The van der Waals surface area contributed by atoms with E-state index >= 15 is 0 Å². The highest BCUT2D eigenvalue weighted by molar-refractivity contribution is 6.31. The summed E-state index contributed by atoms with van der Waals surface area (Å²) < 4.78 is 2.48. The minimum Gasteiger partial charge on any atom is -0.333 e. The zero-order valence-corrected chi connectivity index (χ0v) is 18.1. The number of nitrogens with zero attached hydrogens (tertiary/aromatic N) is 1. The van der Waals surface area contributed by atoms with Gasteiger partial charge in [-0.1, -0.05) is 72.3 Å². The zero-order chi connectivity index (χ0) is 20.9. The number of aromatic nitrogens is 1. The number of fused-ring (bicyclic) bond motifs is 1. The Balaban J connectivity index is 2.04. The van der Waals surface area contributed by atoms with E-state index in [1.165, 1.54) is 33.3 Å². The van der Waals surface area contributed by atoms with Gasteiger partial charge in [0.25, 0.3) is 0 Å². The Hall–Kier alpha value is -2.59. The third kappa shape index (κ3) is 4.01. The number of nitrogens with one attached hydrogen (secondary N) is 1. The van der Waals surface area contributed by atoms with Gasteiger partial charge < -0.3 is 15.6 Å². The van der Waals surface area contributed by atoms with Gasteiger partial charge in [-0.2, -0.15) is 0 Å². The highest BCUT2D eigenvalue weighted by atomic mass is 35.5. The maximum atomic E-state index is 6.43. The smallest absolute Gasteiger partial charge is 0.0842 e. The summed E-state index contributed by atoms with van der Waals surface area (Å²) in [6, 6.07) is 27.7. The van der Waals surface area contributed by atoms with Gasteiger partial charge in [-0.05, 0) is 61.4 Å². The van der Waals surface area contributed by atoms with Crippen LogP contribution in [0.4, 0.5) is 0 Å². The molecule has 0 spiro atoms. The molecule has 0 aliphatic rings. The van der Waals surface area contributed by atoms with Gasteiger partial charge in [-0.25, -0.2) is 0 Å². The molecule has 0 saturated heterocycles. The summed E-state index contributed by atoms with van der Waals surface area (Å²) in [6.07, 6.45) is 1.76. The fourth-order valence-corrected chi connectivity index (χ4v) is 4.57. The second-order valence-electron chi connectivity index (χ2n) is 7.57. The molecule has 0 atom stereocenters. The summed E-state index contributed by atoms with van der Waals surface area (Å²) in [6.45, 7) is 1.51. The molecule has 0 aliphatic heterocycles. The molecule has 154 valence electrons. The summed E-state index contributed by atoms with van der Waals surface area (Å²) in [5.41, 5.74) is 12.4. The first-order chi connectivity index (χ1) is 14.7. The molecule has 3 N–H and O–H groups in total. The monoisotopic (exact) mass is 417 g/mol. The number of nitrogens with two attached hydrogens (primary N) is 1. The summed E-state index contributed by atoms with van der Waals surface area (Å²) >= 11 is 6.43. The van der Waals surface area contributed by atoms with Gasteiger partial charge in [-0.15, -0.1) is 0 Å². The van der Waals surface area contributed by atoms with Crippen molar-refractivity contribution in [2.24, 2.45) is 5.73 Å². The van der Waals surface area contributed by atoms with Crippen LogP contribution in [0.5, 0.6) is 0 Å². The summed E-state index contributed by atoms with van der Waals surface area (Å²) in [5, 5.41) is 5.28. The first-order valence-electron chi connectivity index (χ1n) is 10.5. The lowest BCUT2D eigenvalue weighted by Crippen LogP contribution is -2.19. The van der Waals surface area contributed by atoms with E-state index in [1.807, 2.05) is 13.1 Å². The first kappa shape index (κ1) is 20.7. The zero-order valence-electron chi connectivity index (χ0n) is 17.3. The lowest BCUT2D eigenvalue weighted by Gasteiger charge is -2.25. The van der Waals surface area contributed by atoms with Crippen LogP contribution in [0.15, 0.2) is 78.9 Å². The Morgan fingerprint density at radius 1 is 0.900 bits per heavy atom. The van der Waals surface area contributed by atoms with Crippen LogP contribution >= 0.6 is 11.6 Å². The van der Waals surface area contributed by atoms with Crippen molar-refractivity contribution < 1.29 is 0 Å². The molecular formula is C26H28ClN3. The summed E-state index contributed by atoms with van der Waals surface area (Å²) in [7, 11) is 1.99. The van der Waals surface area contributed by atoms with Crippen molar-refractivity contribution in [2.75, 3.05) is 20.1 Å². The molecular weight excluding hydrogens is 390 g/mol. The number of hydrogen-bond acceptors (Lipinski definition) is 2. The number of likely N-dealkylation sites (N-methyl/N-ethyl adjacent to an activating group) is 1. The Bertz CT molecular complexity index is 1060. The molecule has 30 heavy (non-hydrogen) atoms. The number of halogens is 1. The third-order valence-electron chi connectivity index (χ3n) is 5.68. The van der Waals surface area contributed by atoms with Crippen LogP contribution in [-0.2, 0) is 12.8 Å². The second kappa shape index (κ2) is 9.48. The molecule has 4 aromatic rings. The maximum Gasteiger partial charge on any atom is 0.0842 e. The standard InChI is InChI=1S/C26H28ClN3/c1-29-17-15-22-23-18-21(27)12-13-24(23)30(25(22)14-16-28)26(19-8-4-2-5-9-19)20-10-6-3-7-11-20/h2-13,18,26,29H,14-17,28H2,1H3. The summed E-state index contributed by atoms with van der Waals surface area (Å²) in [5.74, 6) is 0. The molecule has 0 saturated carbocycles. The van der Waals surface area contributed by atoms with E-state index in [-0.39, 0.29) is 6.04 Å². The van der Waals surface area contributed by atoms with Crippen molar-refractivity contribution >= 4 is 22.5 Å². The van der Waals surface area contributed by atoms with Gasteiger partial charge in [0.1, 0.15) is 0 Å². The molecule has 3 aromatic carbocycles. The third-order valence-corrected chi connectivity index (χ3v) is 5.91. The lowest BCUT2D eigenvalue weighted by molar-refractivity contribution is 0.654. The average molecular weight is 418 g/mol. The fourth-order valence-electron chi connectivity index (χ4n) is 4.40. The van der Waals surface area contributed by atoms with Gasteiger partial charge in [0.05, 0.1) is 6.04 Å². The van der Waals surface area contributed by atoms with Gasteiger partial charge in [0.15, 0.2) is 0 Å². The Morgan fingerprint density at radius 2 is 1.53 bits per heavy atom. The minimum absolute atomic E-state index is 0.0703. The Morgan fingerprint density at radius 3 is 2.10 bits per heavy atom. The SMILES string of the molecule is CNCCc1c(CCN)n(C(c2ccccc2)c2ccccc2)c2ccc(Cl)cc12. The molecule has 0 radical (unpaired) electrons. The predicted octanol–water partition coefficient (Wildman–Crippen LogP) is 5.20. The van der Waals surface area contributed by atoms with Crippen molar-refractivity contribution in [1.29, 1.82) is 0 Å². The van der Waals surface area contributed by atoms with E-state index in [0.717, 1.165) is 24.4 Å². The number of rotatable bonds is 8. The molecule has 0 aliphatic carbocycles. The molecule has 4 heteroatoms. The molecule has 1 heterocycles. The molecule has 4 rings (SSSR count). The van der Waals surface area contributed by atoms with Crippen molar-refractivity contribution in [1.82, 2.24) is 9.88 Å². The fraction of sp³-hybridized carbons (Fsp3) is 0.231. The van der Waals surface area contributed by atoms with E-state index < -0.39 is 0 Å². The van der Waals surface area contributed by atoms with Gasteiger partial charge in [0.2, 0.25) is 0 Å². The van der Waals surface area contributed by atoms with E-state index in [1.54, 1.807) is 0 Å². The van der Waals surface area contributed by atoms with E-state index in [0.29, 0.717) is 6.54 Å².